The molecule has 0 aliphatic rings. The number of nitrogens with two attached hydrogens (primary N) is 3. The van der Waals surface area contributed by atoms with Gasteiger partial charge in [-0.15, -0.1) is 0 Å². The summed E-state index contributed by atoms with van der Waals surface area (Å²) in [5.74, 6) is -5.64. The lowest BCUT2D eigenvalue weighted by molar-refractivity contribution is -0.143. The number of carboxylic acids is 2. The number of carbonyl (C=O) groups is 5. The molecule has 30 heavy (non-hydrogen) atoms. The van der Waals surface area contributed by atoms with E-state index in [9.17, 15) is 24.0 Å². The van der Waals surface area contributed by atoms with Gasteiger partial charge in [-0.3, -0.25) is 24.2 Å². The van der Waals surface area contributed by atoms with E-state index < -0.39 is 60.8 Å². The summed E-state index contributed by atoms with van der Waals surface area (Å²) >= 11 is 3.78. The van der Waals surface area contributed by atoms with Crippen LogP contribution in [0, 0.1) is 0 Å². The van der Waals surface area contributed by atoms with E-state index in [1.165, 1.54) is 0 Å². The van der Waals surface area contributed by atoms with Gasteiger partial charge in [0.05, 0.1) is 19.0 Å². The fourth-order valence-electron chi connectivity index (χ4n) is 2.04. The van der Waals surface area contributed by atoms with E-state index in [0.717, 1.165) is 0 Å². The van der Waals surface area contributed by atoms with Crippen molar-refractivity contribution >= 4 is 48.2 Å². The van der Waals surface area contributed by atoms with Crippen molar-refractivity contribution in [3.63, 3.8) is 0 Å². The average Bonchev–Trinajstić information content (AvgIpc) is 2.65. The zero-order chi connectivity index (χ0) is 23.3. The Morgan fingerprint density at radius 2 is 1.63 bits per heavy atom. The molecule has 0 fully saturated rings. The molecule has 170 valence electrons. The number of aliphatic carboxylic acids is 2. The van der Waals surface area contributed by atoms with Gasteiger partial charge in [0.15, 0.2) is 5.96 Å². The van der Waals surface area contributed by atoms with Gasteiger partial charge in [0.2, 0.25) is 17.7 Å². The van der Waals surface area contributed by atoms with Crippen molar-refractivity contribution in [1.82, 2.24) is 16.0 Å². The van der Waals surface area contributed by atoms with E-state index in [4.69, 9.17) is 27.4 Å². The summed E-state index contributed by atoms with van der Waals surface area (Å²) in [6, 6.07) is -3.86. The summed E-state index contributed by atoms with van der Waals surface area (Å²) in [6.07, 6.45) is -0.126. The van der Waals surface area contributed by atoms with Crippen molar-refractivity contribution in [1.29, 1.82) is 0 Å². The Hall–Kier alpha value is -3.07. The lowest BCUT2D eigenvalue weighted by Gasteiger charge is -2.20. The maximum atomic E-state index is 12.1. The van der Waals surface area contributed by atoms with Gasteiger partial charge in [-0.05, 0) is 12.8 Å². The third-order valence-electron chi connectivity index (χ3n) is 3.56. The van der Waals surface area contributed by atoms with Gasteiger partial charge < -0.3 is 43.4 Å². The van der Waals surface area contributed by atoms with Crippen molar-refractivity contribution in [2.45, 2.75) is 37.4 Å². The van der Waals surface area contributed by atoms with Gasteiger partial charge in [-0.2, -0.15) is 12.6 Å². The first-order valence-electron chi connectivity index (χ1n) is 8.71. The lowest BCUT2D eigenvalue weighted by Crippen LogP contribution is -2.54. The molecule has 11 N–H and O–H groups in total. The number of carboxylic acid groups (broad SMARTS) is 2. The predicted molar refractivity (Wildman–Crippen MR) is 108 cm³/mol. The van der Waals surface area contributed by atoms with E-state index >= 15 is 0 Å². The Morgan fingerprint density at radius 3 is 2.13 bits per heavy atom. The van der Waals surface area contributed by atoms with E-state index in [-0.39, 0.29) is 24.7 Å². The summed E-state index contributed by atoms with van der Waals surface area (Å²) in [5.41, 5.74) is 16.0. The van der Waals surface area contributed by atoms with Gasteiger partial charge >= 0.3 is 11.9 Å². The Kier molecular flexibility index (Phi) is 12.6. The van der Waals surface area contributed by atoms with E-state index in [0.29, 0.717) is 6.42 Å². The largest absolute Gasteiger partial charge is 0.481 e. The molecule has 15 heteroatoms. The molecule has 0 rings (SSSR count). The number of rotatable bonds is 14. The third-order valence-corrected chi connectivity index (χ3v) is 3.92. The van der Waals surface area contributed by atoms with Crippen molar-refractivity contribution < 1.29 is 34.2 Å². The van der Waals surface area contributed by atoms with Crippen LogP contribution in [0.25, 0.3) is 0 Å². The molecule has 0 radical (unpaired) electrons. The quantitative estimate of drug-likeness (QED) is 0.0536. The van der Waals surface area contributed by atoms with Crippen LogP contribution in [-0.2, 0) is 24.0 Å². The number of carbonyl (C=O) groups excluding carboxylic acids is 3. The fourth-order valence-corrected chi connectivity index (χ4v) is 2.28. The first-order valence-corrected chi connectivity index (χ1v) is 9.35. The van der Waals surface area contributed by atoms with Gasteiger partial charge in [0.25, 0.3) is 0 Å². The van der Waals surface area contributed by atoms with Crippen molar-refractivity contribution in [2.75, 3.05) is 18.8 Å². The van der Waals surface area contributed by atoms with Crippen molar-refractivity contribution in [2.24, 2.45) is 22.2 Å². The minimum atomic E-state index is -1.55. The summed E-state index contributed by atoms with van der Waals surface area (Å²) in [7, 11) is 0. The summed E-state index contributed by atoms with van der Waals surface area (Å²) in [6.45, 7) is -0.293. The summed E-state index contributed by atoms with van der Waals surface area (Å²) in [5, 5.41) is 24.3. The van der Waals surface area contributed by atoms with Crippen LogP contribution in [0.15, 0.2) is 4.99 Å². The Balaban J connectivity index is 4.66. The minimum absolute atomic E-state index is 0.0892. The highest BCUT2D eigenvalue weighted by Gasteiger charge is 2.28. The number of hydrogen-bond acceptors (Lipinski definition) is 8. The van der Waals surface area contributed by atoms with Crippen LogP contribution >= 0.6 is 12.6 Å². The number of nitrogens with one attached hydrogen (secondary N) is 3. The molecule has 0 saturated carbocycles. The lowest BCUT2D eigenvalue weighted by atomic mass is 10.1. The highest BCUT2D eigenvalue weighted by molar-refractivity contribution is 7.80. The Morgan fingerprint density at radius 1 is 1.00 bits per heavy atom. The molecular weight excluding hydrogens is 422 g/mol. The van der Waals surface area contributed by atoms with Crippen molar-refractivity contribution in [3.8, 4) is 0 Å². The van der Waals surface area contributed by atoms with Crippen LogP contribution in [0.3, 0.4) is 0 Å². The zero-order valence-corrected chi connectivity index (χ0v) is 16.9. The fraction of sp³-hybridized carbons (Fsp3) is 0.600. The standard InChI is InChI=1S/C15H27N7O7S/c16-7(2-1-3-19-15(17)18)12(26)20-5-10(23)21-8(4-11(24)25)13(27)22-9(6-30)14(28)29/h7-9,30H,1-6,16H2,(H,20,26)(H,21,23)(H,22,27)(H,24,25)(H,28,29)(H4,17,18,19)/t7-,8+,9-/m0/s1. The van der Waals surface area contributed by atoms with E-state index in [1.54, 1.807) is 0 Å². The Labute approximate surface area is 177 Å². The molecule has 0 spiro atoms. The first-order chi connectivity index (χ1) is 14.0. The van der Waals surface area contributed by atoms with Gasteiger partial charge in [0.1, 0.15) is 12.1 Å². The molecule has 0 saturated heterocycles. The normalized spacial score (nSPS) is 13.3. The van der Waals surface area contributed by atoms with Gasteiger partial charge in [0, 0.05) is 12.3 Å². The molecule has 0 aliphatic heterocycles. The minimum Gasteiger partial charge on any atom is -0.481 e. The molecule has 0 aromatic carbocycles. The smallest absolute Gasteiger partial charge is 0.327 e. The molecule has 0 heterocycles. The summed E-state index contributed by atoms with van der Waals surface area (Å²) < 4.78 is 0. The second-order valence-corrected chi connectivity index (χ2v) is 6.44. The van der Waals surface area contributed by atoms with Crippen LogP contribution in [0.2, 0.25) is 0 Å². The van der Waals surface area contributed by atoms with Gasteiger partial charge in [-0.25, -0.2) is 4.79 Å². The molecule has 0 bridgehead atoms. The second-order valence-electron chi connectivity index (χ2n) is 6.07. The zero-order valence-electron chi connectivity index (χ0n) is 16.0. The number of guanidine groups is 1. The number of aliphatic imine (C=N–C) groups is 1. The third kappa shape index (κ3) is 11.7. The van der Waals surface area contributed by atoms with Crippen molar-refractivity contribution in [3.05, 3.63) is 0 Å². The second kappa shape index (κ2) is 14.0. The first kappa shape index (κ1) is 26.9. The Bertz CT molecular complexity index is 670. The monoisotopic (exact) mass is 449 g/mol. The summed E-state index contributed by atoms with van der Waals surface area (Å²) in [4.78, 5) is 61.6. The van der Waals surface area contributed by atoms with Crippen LogP contribution in [0.5, 0.6) is 0 Å². The average molecular weight is 449 g/mol. The number of amides is 3. The van der Waals surface area contributed by atoms with Crippen LogP contribution < -0.4 is 33.2 Å². The van der Waals surface area contributed by atoms with Crippen LogP contribution in [0.4, 0.5) is 0 Å². The van der Waals surface area contributed by atoms with Crippen LogP contribution in [-0.4, -0.2) is 82.8 Å². The maximum absolute atomic E-state index is 12.1. The molecule has 0 aromatic heterocycles. The predicted octanol–water partition coefficient (Wildman–Crippen LogP) is -4.06. The topological polar surface area (TPSA) is 252 Å². The highest BCUT2D eigenvalue weighted by Crippen LogP contribution is 1.98. The molecule has 0 aromatic rings. The molecule has 3 amide bonds. The maximum Gasteiger partial charge on any atom is 0.327 e. The van der Waals surface area contributed by atoms with E-state index in [1.807, 2.05) is 0 Å². The SMILES string of the molecule is NC(N)=NCCC[C@H](N)C(=O)NCC(=O)N[C@H](CC(=O)O)C(=O)N[C@@H](CS)C(=O)O. The molecule has 0 aliphatic carbocycles. The number of nitrogens with zero attached hydrogens (tertiary/aromatic N) is 1. The molecular formula is C15H27N7O7S. The number of hydrogen-bond donors (Lipinski definition) is 9. The molecule has 0 unspecified atom stereocenters. The van der Waals surface area contributed by atoms with E-state index in [2.05, 4.69) is 33.6 Å². The highest BCUT2D eigenvalue weighted by atomic mass is 32.1. The van der Waals surface area contributed by atoms with Gasteiger partial charge in [-0.1, -0.05) is 0 Å². The molecule has 14 nitrogen and oxygen atoms in total. The van der Waals surface area contributed by atoms with Crippen LogP contribution in [0.1, 0.15) is 19.3 Å². The molecule has 3 atom stereocenters. The number of thiol groups is 1.